The van der Waals surface area contributed by atoms with Gasteiger partial charge in [0.2, 0.25) is 10.0 Å². The number of hydrogen-bond acceptors (Lipinski definition) is 4. The highest BCUT2D eigenvalue weighted by Crippen LogP contribution is 2.21. The van der Waals surface area contributed by atoms with Crippen LogP contribution in [0.25, 0.3) is 0 Å². The Labute approximate surface area is 122 Å². The molecule has 112 valence electrons. The molecule has 0 aliphatic heterocycles. The second kappa shape index (κ2) is 6.53. The molecule has 3 N–H and O–H groups in total. The van der Waals surface area contributed by atoms with Gasteiger partial charge in [0.05, 0.1) is 22.1 Å². The Morgan fingerprint density at radius 3 is 2.40 bits per heavy atom. The Bertz CT molecular complexity index is 600. The van der Waals surface area contributed by atoms with Crippen LogP contribution >= 0.6 is 11.6 Å². The molecule has 1 atom stereocenters. The predicted octanol–water partition coefficient (Wildman–Crippen LogP) is 1.33. The summed E-state index contributed by atoms with van der Waals surface area (Å²) in [5.41, 5.74) is -0.173. The first-order valence-electron chi connectivity index (χ1n) is 5.85. The third-order valence-corrected chi connectivity index (χ3v) is 4.59. The topological polar surface area (TPSA) is 104 Å². The maximum absolute atomic E-state index is 12.1. The molecular formula is C12H16ClNO5S. The van der Waals surface area contributed by atoms with Gasteiger partial charge in [-0.25, -0.2) is 17.9 Å². The summed E-state index contributed by atoms with van der Waals surface area (Å²) in [4.78, 5) is 10.7. The first-order valence-corrected chi connectivity index (χ1v) is 7.71. The van der Waals surface area contributed by atoms with Crippen molar-refractivity contribution in [2.24, 2.45) is 5.92 Å². The summed E-state index contributed by atoms with van der Waals surface area (Å²) in [6, 6.07) is 2.73. The van der Waals surface area contributed by atoms with Crippen molar-refractivity contribution in [2.45, 2.75) is 24.8 Å². The number of carboxylic acids is 1. The Morgan fingerprint density at radius 1 is 1.40 bits per heavy atom. The summed E-state index contributed by atoms with van der Waals surface area (Å²) in [6.07, 6.45) is 0. The highest BCUT2D eigenvalue weighted by atomic mass is 35.5. The van der Waals surface area contributed by atoms with Crippen LogP contribution in [0.5, 0.6) is 0 Å². The number of carbonyl (C=O) groups is 1. The highest BCUT2D eigenvalue weighted by Gasteiger charge is 2.23. The van der Waals surface area contributed by atoms with E-state index in [2.05, 4.69) is 4.72 Å². The average molecular weight is 322 g/mol. The lowest BCUT2D eigenvalue weighted by Gasteiger charge is -2.20. The largest absolute Gasteiger partial charge is 0.478 e. The molecule has 6 nitrogen and oxygen atoms in total. The highest BCUT2D eigenvalue weighted by molar-refractivity contribution is 7.89. The number of sulfonamides is 1. The van der Waals surface area contributed by atoms with Crippen LogP contribution in [0.15, 0.2) is 23.1 Å². The fourth-order valence-electron chi connectivity index (χ4n) is 1.49. The van der Waals surface area contributed by atoms with E-state index in [4.69, 9.17) is 21.8 Å². The third-order valence-electron chi connectivity index (χ3n) is 2.79. The van der Waals surface area contributed by atoms with Gasteiger partial charge in [0.25, 0.3) is 0 Å². The van der Waals surface area contributed by atoms with E-state index >= 15 is 0 Å². The molecule has 1 rings (SSSR count). The molecule has 0 saturated carbocycles. The first-order chi connectivity index (χ1) is 9.19. The van der Waals surface area contributed by atoms with Crippen LogP contribution in [0.3, 0.4) is 0 Å². The second-order valence-corrected chi connectivity index (χ2v) is 6.72. The normalized spacial score (nSPS) is 13.4. The average Bonchev–Trinajstić information content (AvgIpc) is 2.35. The Kier molecular flexibility index (Phi) is 5.52. The van der Waals surface area contributed by atoms with Crippen LogP contribution in [-0.4, -0.2) is 37.2 Å². The van der Waals surface area contributed by atoms with E-state index in [0.29, 0.717) is 0 Å². The van der Waals surface area contributed by atoms with Gasteiger partial charge < -0.3 is 10.2 Å². The number of carboxylic acid groups (broad SMARTS) is 1. The van der Waals surface area contributed by atoms with Gasteiger partial charge in [0.1, 0.15) is 0 Å². The molecule has 0 aliphatic rings. The maximum Gasteiger partial charge on any atom is 0.337 e. The summed E-state index contributed by atoms with van der Waals surface area (Å²) < 4.78 is 26.6. The Morgan fingerprint density at radius 2 is 2.00 bits per heavy atom. The third kappa shape index (κ3) is 3.92. The van der Waals surface area contributed by atoms with E-state index in [1.165, 1.54) is 0 Å². The molecule has 0 radical (unpaired) electrons. The first kappa shape index (κ1) is 16.9. The number of rotatable bonds is 6. The van der Waals surface area contributed by atoms with Gasteiger partial charge in [0, 0.05) is 6.04 Å². The standard InChI is InChI=1S/C12H16ClNO5S/c1-7(2)11(6-15)14-20(18,19)8-3-4-9(12(16)17)10(13)5-8/h3-5,7,11,14-15H,6H2,1-2H3,(H,16,17)/t11-/m1/s1. The number of halogens is 1. The van der Waals surface area contributed by atoms with Crippen LogP contribution < -0.4 is 4.72 Å². The summed E-state index contributed by atoms with van der Waals surface area (Å²) in [5, 5.41) is 17.8. The van der Waals surface area contributed by atoms with Gasteiger partial charge in [-0.05, 0) is 24.1 Å². The van der Waals surface area contributed by atoms with E-state index in [1.807, 2.05) is 0 Å². The van der Waals surface area contributed by atoms with E-state index in [9.17, 15) is 13.2 Å². The smallest absolute Gasteiger partial charge is 0.337 e. The summed E-state index contributed by atoms with van der Waals surface area (Å²) in [6.45, 7) is 3.20. The molecule has 0 spiro atoms. The minimum Gasteiger partial charge on any atom is -0.478 e. The van der Waals surface area contributed by atoms with Crippen LogP contribution in [0.2, 0.25) is 5.02 Å². The second-order valence-electron chi connectivity index (χ2n) is 4.60. The number of benzene rings is 1. The quantitative estimate of drug-likeness (QED) is 0.733. The minimum absolute atomic E-state index is 0.0939. The van der Waals surface area contributed by atoms with E-state index < -0.39 is 22.0 Å². The van der Waals surface area contributed by atoms with Gasteiger partial charge in [0.15, 0.2) is 0 Å². The molecule has 0 bridgehead atoms. The van der Waals surface area contributed by atoms with E-state index in [-0.39, 0.29) is 28.0 Å². The van der Waals surface area contributed by atoms with Crippen molar-refractivity contribution in [3.8, 4) is 0 Å². The van der Waals surface area contributed by atoms with Crippen molar-refractivity contribution in [2.75, 3.05) is 6.61 Å². The fraction of sp³-hybridized carbons (Fsp3) is 0.417. The van der Waals surface area contributed by atoms with Gasteiger partial charge in [-0.1, -0.05) is 25.4 Å². The molecule has 8 heteroatoms. The Hall–Kier alpha value is -1.15. The van der Waals surface area contributed by atoms with Gasteiger partial charge >= 0.3 is 5.97 Å². The van der Waals surface area contributed by atoms with Crippen molar-refractivity contribution in [1.29, 1.82) is 0 Å². The van der Waals surface area contributed by atoms with Crippen molar-refractivity contribution in [1.82, 2.24) is 4.72 Å². The van der Waals surface area contributed by atoms with Gasteiger partial charge in [-0.3, -0.25) is 0 Å². The molecule has 20 heavy (non-hydrogen) atoms. The monoisotopic (exact) mass is 321 g/mol. The number of aliphatic hydroxyl groups excluding tert-OH is 1. The number of nitrogens with one attached hydrogen (secondary N) is 1. The Balaban J connectivity index is 3.10. The lowest BCUT2D eigenvalue weighted by Crippen LogP contribution is -2.41. The van der Waals surface area contributed by atoms with Gasteiger partial charge in [-0.15, -0.1) is 0 Å². The molecule has 0 aromatic heterocycles. The van der Waals surface area contributed by atoms with E-state index in [1.54, 1.807) is 13.8 Å². The molecule has 0 unspecified atom stereocenters. The fourth-order valence-corrected chi connectivity index (χ4v) is 3.22. The molecule has 0 aliphatic carbocycles. The summed E-state index contributed by atoms with van der Waals surface area (Å²) >= 11 is 5.74. The summed E-state index contributed by atoms with van der Waals surface area (Å²) in [7, 11) is -3.87. The lowest BCUT2D eigenvalue weighted by atomic mass is 10.1. The van der Waals surface area contributed by atoms with Crippen molar-refractivity contribution < 1.29 is 23.4 Å². The molecule has 1 aromatic rings. The molecule has 0 heterocycles. The predicted molar refractivity (Wildman–Crippen MR) is 74.4 cm³/mol. The number of hydrogen-bond donors (Lipinski definition) is 3. The molecule has 0 amide bonds. The van der Waals surface area contributed by atoms with Crippen molar-refractivity contribution in [3.63, 3.8) is 0 Å². The lowest BCUT2D eigenvalue weighted by molar-refractivity contribution is 0.0697. The van der Waals surface area contributed by atoms with Crippen molar-refractivity contribution >= 4 is 27.6 Å². The molecule has 1 aromatic carbocycles. The number of aromatic carboxylic acids is 1. The maximum atomic E-state index is 12.1. The molecular weight excluding hydrogens is 306 g/mol. The zero-order valence-corrected chi connectivity index (χ0v) is 12.6. The van der Waals surface area contributed by atoms with Gasteiger partial charge in [-0.2, -0.15) is 0 Å². The van der Waals surface area contributed by atoms with Crippen LogP contribution in [-0.2, 0) is 10.0 Å². The summed E-state index contributed by atoms with van der Waals surface area (Å²) in [5.74, 6) is -1.33. The SMILES string of the molecule is CC(C)[C@@H](CO)NS(=O)(=O)c1ccc(C(=O)O)c(Cl)c1. The van der Waals surface area contributed by atoms with Crippen LogP contribution in [0.1, 0.15) is 24.2 Å². The minimum atomic E-state index is -3.87. The van der Waals surface area contributed by atoms with Crippen LogP contribution in [0.4, 0.5) is 0 Å². The molecule has 0 fully saturated rings. The van der Waals surface area contributed by atoms with E-state index in [0.717, 1.165) is 18.2 Å². The zero-order valence-electron chi connectivity index (χ0n) is 11.0. The zero-order chi connectivity index (χ0) is 15.5. The number of aliphatic hydroxyl groups is 1. The van der Waals surface area contributed by atoms with Crippen LogP contribution in [0, 0.1) is 5.92 Å². The molecule has 0 saturated heterocycles. The van der Waals surface area contributed by atoms with Crippen molar-refractivity contribution in [3.05, 3.63) is 28.8 Å².